The molecule has 6 heteroatoms. The van der Waals surface area contributed by atoms with E-state index in [4.69, 9.17) is 0 Å². The molecule has 0 atom stereocenters. The summed E-state index contributed by atoms with van der Waals surface area (Å²) in [7, 11) is -3.49. The predicted octanol–water partition coefficient (Wildman–Crippen LogP) is 2.01. The molecule has 0 radical (unpaired) electrons. The lowest BCUT2D eigenvalue weighted by Gasteiger charge is -2.08. The standard InChI is InChI=1S/C13H17N3O2S/c1-10(2)12-5-3-11(4-6-12)7-16-19(17,18)13-8-14-15-9-13/h3-6,8-10,16H,7H2,1-2H3,(H,14,15). The van der Waals surface area contributed by atoms with Crippen LogP contribution >= 0.6 is 0 Å². The molecule has 0 aliphatic rings. The Morgan fingerprint density at radius 3 is 2.47 bits per heavy atom. The average Bonchev–Trinajstić information content (AvgIpc) is 2.91. The zero-order valence-corrected chi connectivity index (χ0v) is 11.7. The topological polar surface area (TPSA) is 74.8 Å². The van der Waals surface area contributed by atoms with Gasteiger partial charge in [0.25, 0.3) is 0 Å². The van der Waals surface area contributed by atoms with Gasteiger partial charge >= 0.3 is 0 Å². The van der Waals surface area contributed by atoms with Gasteiger partial charge in [0.2, 0.25) is 10.0 Å². The van der Waals surface area contributed by atoms with E-state index in [1.165, 1.54) is 18.0 Å². The van der Waals surface area contributed by atoms with Crippen LogP contribution in [0.3, 0.4) is 0 Å². The van der Waals surface area contributed by atoms with Gasteiger partial charge in [-0.3, -0.25) is 5.10 Å². The minimum absolute atomic E-state index is 0.145. The van der Waals surface area contributed by atoms with Gasteiger partial charge in [-0.2, -0.15) is 5.10 Å². The maximum absolute atomic E-state index is 11.9. The monoisotopic (exact) mass is 279 g/mol. The van der Waals surface area contributed by atoms with Gasteiger partial charge in [0.15, 0.2) is 0 Å². The number of hydrogen-bond acceptors (Lipinski definition) is 3. The van der Waals surface area contributed by atoms with Crippen LogP contribution in [0.25, 0.3) is 0 Å². The molecule has 0 saturated carbocycles. The molecule has 0 unspecified atom stereocenters. The lowest BCUT2D eigenvalue weighted by atomic mass is 10.0. The van der Waals surface area contributed by atoms with Gasteiger partial charge < -0.3 is 0 Å². The fraction of sp³-hybridized carbons (Fsp3) is 0.308. The molecular weight excluding hydrogens is 262 g/mol. The van der Waals surface area contributed by atoms with Crippen LogP contribution in [0, 0.1) is 0 Å². The molecule has 1 aromatic heterocycles. The summed E-state index contributed by atoms with van der Waals surface area (Å²) < 4.78 is 26.3. The molecule has 0 aliphatic carbocycles. The van der Waals surface area contributed by atoms with Crippen molar-refractivity contribution in [3.63, 3.8) is 0 Å². The SMILES string of the molecule is CC(C)c1ccc(CNS(=O)(=O)c2cn[nH]c2)cc1. The summed E-state index contributed by atoms with van der Waals surface area (Å²) in [5.74, 6) is 0.469. The van der Waals surface area contributed by atoms with Crippen molar-refractivity contribution >= 4 is 10.0 Å². The molecule has 1 aromatic carbocycles. The summed E-state index contributed by atoms with van der Waals surface area (Å²) in [6, 6.07) is 7.92. The van der Waals surface area contributed by atoms with Gasteiger partial charge in [-0.15, -0.1) is 0 Å². The number of sulfonamides is 1. The van der Waals surface area contributed by atoms with Crippen molar-refractivity contribution in [2.45, 2.75) is 31.2 Å². The van der Waals surface area contributed by atoms with Crippen molar-refractivity contribution in [2.75, 3.05) is 0 Å². The van der Waals surface area contributed by atoms with E-state index in [0.717, 1.165) is 5.56 Å². The maximum atomic E-state index is 11.9. The van der Waals surface area contributed by atoms with Gasteiger partial charge in [0, 0.05) is 12.7 Å². The number of rotatable bonds is 5. The second-order valence-electron chi connectivity index (χ2n) is 4.65. The largest absolute Gasteiger partial charge is 0.284 e. The number of nitrogens with one attached hydrogen (secondary N) is 2. The highest BCUT2D eigenvalue weighted by molar-refractivity contribution is 7.89. The number of nitrogens with zero attached hydrogens (tertiary/aromatic N) is 1. The van der Waals surface area contributed by atoms with E-state index in [1.807, 2.05) is 24.3 Å². The van der Waals surface area contributed by atoms with Crippen molar-refractivity contribution in [1.82, 2.24) is 14.9 Å². The van der Waals surface area contributed by atoms with Crippen molar-refractivity contribution in [3.8, 4) is 0 Å². The first-order valence-electron chi connectivity index (χ1n) is 6.06. The molecule has 2 aromatic rings. The number of benzene rings is 1. The molecule has 5 nitrogen and oxygen atoms in total. The summed E-state index contributed by atoms with van der Waals surface area (Å²) in [6.07, 6.45) is 2.63. The zero-order valence-electron chi connectivity index (χ0n) is 10.9. The lowest BCUT2D eigenvalue weighted by Crippen LogP contribution is -2.22. The number of aromatic nitrogens is 2. The molecule has 19 heavy (non-hydrogen) atoms. The first-order valence-corrected chi connectivity index (χ1v) is 7.54. The molecule has 102 valence electrons. The van der Waals surface area contributed by atoms with Crippen LogP contribution in [-0.2, 0) is 16.6 Å². The van der Waals surface area contributed by atoms with Gasteiger partial charge in [-0.05, 0) is 17.0 Å². The first-order chi connectivity index (χ1) is 8.99. The molecule has 2 N–H and O–H groups in total. The Bertz CT molecular complexity index is 616. The smallest absolute Gasteiger partial charge is 0.243 e. The van der Waals surface area contributed by atoms with Crippen LogP contribution in [0.15, 0.2) is 41.6 Å². The van der Waals surface area contributed by atoms with Crippen LogP contribution in [0.5, 0.6) is 0 Å². The summed E-state index contributed by atoms with van der Waals surface area (Å²) in [5, 5.41) is 6.12. The molecule has 2 rings (SSSR count). The summed E-state index contributed by atoms with van der Waals surface area (Å²) in [5.41, 5.74) is 2.16. The Morgan fingerprint density at radius 1 is 1.26 bits per heavy atom. The lowest BCUT2D eigenvalue weighted by molar-refractivity contribution is 0.581. The second-order valence-corrected chi connectivity index (χ2v) is 6.42. The minimum atomic E-state index is -3.49. The summed E-state index contributed by atoms with van der Waals surface area (Å²) in [4.78, 5) is 0.145. The first kappa shape index (κ1) is 13.8. The number of hydrogen-bond donors (Lipinski definition) is 2. The quantitative estimate of drug-likeness (QED) is 0.879. The predicted molar refractivity (Wildman–Crippen MR) is 73.1 cm³/mol. The average molecular weight is 279 g/mol. The maximum Gasteiger partial charge on any atom is 0.243 e. The van der Waals surface area contributed by atoms with Crippen LogP contribution < -0.4 is 4.72 Å². The van der Waals surface area contributed by atoms with Crippen molar-refractivity contribution in [3.05, 3.63) is 47.8 Å². The van der Waals surface area contributed by atoms with E-state index in [9.17, 15) is 8.42 Å². The Labute approximate surface area is 113 Å². The van der Waals surface area contributed by atoms with E-state index in [-0.39, 0.29) is 11.4 Å². The van der Waals surface area contributed by atoms with E-state index < -0.39 is 10.0 Å². The van der Waals surface area contributed by atoms with Gasteiger partial charge in [-0.25, -0.2) is 13.1 Å². The normalized spacial score (nSPS) is 11.9. The molecule has 0 aliphatic heterocycles. The summed E-state index contributed by atoms with van der Waals surface area (Å²) >= 11 is 0. The van der Waals surface area contributed by atoms with Crippen molar-refractivity contribution in [2.24, 2.45) is 0 Å². The van der Waals surface area contributed by atoms with Crippen LogP contribution in [0.2, 0.25) is 0 Å². The fourth-order valence-electron chi connectivity index (χ4n) is 1.67. The molecule has 0 fully saturated rings. The van der Waals surface area contributed by atoms with Gasteiger partial charge in [0.1, 0.15) is 4.90 Å². The van der Waals surface area contributed by atoms with Crippen LogP contribution in [0.1, 0.15) is 30.9 Å². The molecule has 0 spiro atoms. The minimum Gasteiger partial charge on any atom is -0.284 e. The van der Waals surface area contributed by atoms with Gasteiger partial charge in [-0.1, -0.05) is 38.1 Å². The Kier molecular flexibility index (Phi) is 4.01. The molecular formula is C13H17N3O2S. The Morgan fingerprint density at radius 2 is 1.95 bits per heavy atom. The molecule has 0 bridgehead atoms. The van der Waals surface area contributed by atoms with Crippen LogP contribution in [0.4, 0.5) is 0 Å². The molecule has 0 saturated heterocycles. The molecule has 1 heterocycles. The van der Waals surface area contributed by atoms with Crippen molar-refractivity contribution in [1.29, 1.82) is 0 Å². The third-order valence-electron chi connectivity index (χ3n) is 2.90. The Hall–Kier alpha value is -1.66. The number of H-pyrrole nitrogens is 1. The fourth-order valence-corrected chi connectivity index (χ4v) is 2.59. The van der Waals surface area contributed by atoms with Crippen molar-refractivity contribution < 1.29 is 8.42 Å². The van der Waals surface area contributed by atoms with E-state index in [0.29, 0.717) is 5.92 Å². The number of aromatic amines is 1. The third kappa shape index (κ3) is 3.42. The third-order valence-corrected chi connectivity index (χ3v) is 4.26. The highest BCUT2D eigenvalue weighted by Crippen LogP contribution is 2.15. The Balaban J connectivity index is 2.03. The van der Waals surface area contributed by atoms with Gasteiger partial charge in [0.05, 0.1) is 6.20 Å². The second kappa shape index (κ2) is 5.54. The van der Waals surface area contributed by atoms with E-state index >= 15 is 0 Å². The highest BCUT2D eigenvalue weighted by atomic mass is 32.2. The molecule has 0 amide bonds. The van der Waals surface area contributed by atoms with E-state index in [1.54, 1.807) is 0 Å². The summed E-state index contributed by atoms with van der Waals surface area (Å²) in [6.45, 7) is 4.51. The van der Waals surface area contributed by atoms with Crippen LogP contribution in [-0.4, -0.2) is 18.6 Å². The highest BCUT2D eigenvalue weighted by Gasteiger charge is 2.14. The van der Waals surface area contributed by atoms with E-state index in [2.05, 4.69) is 28.8 Å². The zero-order chi connectivity index (χ0) is 13.9.